The van der Waals surface area contributed by atoms with Crippen molar-refractivity contribution in [3.8, 4) is 17.2 Å². The van der Waals surface area contributed by atoms with Crippen LogP contribution in [0.5, 0.6) is 17.2 Å². The van der Waals surface area contributed by atoms with E-state index in [1.165, 1.54) is 0 Å². The Morgan fingerprint density at radius 1 is 0.860 bits per heavy atom. The lowest BCUT2D eigenvalue weighted by Gasteiger charge is -2.26. The SMILES string of the molecule is Cc1cc(/C(O)=C2/C(=O)C(=O)N(CCCN(C)C)C2c2cccc(Oc3ccccc3)c2)ccc1OCc1ccccc1. The highest BCUT2D eigenvalue weighted by molar-refractivity contribution is 6.46. The second-order valence-electron chi connectivity index (χ2n) is 10.9. The van der Waals surface area contributed by atoms with Gasteiger partial charge < -0.3 is 24.4 Å². The molecule has 220 valence electrons. The van der Waals surface area contributed by atoms with Crippen molar-refractivity contribution >= 4 is 17.4 Å². The van der Waals surface area contributed by atoms with E-state index in [0.29, 0.717) is 47.9 Å². The summed E-state index contributed by atoms with van der Waals surface area (Å²) in [7, 11) is 3.93. The number of amides is 1. The van der Waals surface area contributed by atoms with Gasteiger partial charge in [0.2, 0.25) is 0 Å². The zero-order chi connectivity index (χ0) is 30.3. The summed E-state index contributed by atoms with van der Waals surface area (Å²) in [6.45, 7) is 3.40. The molecule has 43 heavy (non-hydrogen) atoms. The molecule has 0 aliphatic carbocycles. The Morgan fingerprint density at radius 3 is 2.26 bits per heavy atom. The molecule has 1 heterocycles. The zero-order valence-corrected chi connectivity index (χ0v) is 24.7. The van der Waals surface area contributed by atoms with Gasteiger partial charge in [-0.25, -0.2) is 0 Å². The Labute approximate surface area is 252 Å². The van der Waals surface area contributed by atoms with Gasteiger partial charge in [-0.15, -0.1) is 0 Å². The van der Waals surface area contributed by atoms with Crippen LogP contribution in [0.15, 0.2) is 109 Å². The van der Waals surface area contributed by atoms with Gasteiger partial charge in [-0.05, 0) is 93.1 Å². The van der Waals surface area contributed by atoms with Crippen molar-refractivity contribution in [2.45, 2.75) is 26.0 Å². The lowest BCUT2D eigenvalue weighted by atomic mass is 9.94. The molecule has 1 atom stereocenters. The Morgan fingerprint density at radius 2 is 1.56 bits per heavy atom. The summed E-state index contributed by atoms with van der Waals surface area (Å²) in [5.41, 5.74) is 3.02. The lowest BCUT2D eigenvalue weighted by molar-refractivity contribution is -0.139. The quantitative estimate of drug-likeness (QED) is 0.121. The number of rotatable bonds is 11. The Bertz CT molecular complexity index is 1620. The third kappa shape index (κ3) is 6.96. The van der Waals surface area contributed by atoms with Crippen LogP contribution in [0.4, 0.5) is 0 Å². The molecule has 0 spiro atoms. The molecule has 1 saturated heterocycles. The van der Waals surface area contributed by atoms with Crippen LogP contribution in [0, 0.1) is 6.92 Å². The second kappa shape index (κ2) is 13.4. The van der Waals surface area contributed by atoms with E-state index in [1.54, 1.807) is 23.1 Å². The van der Waals surface area contributed by atoms with Crippen LogP contribution in [0.25, 0.3) is 5.76 Å². The van der Waals surface area contributed by atoms with E-state index in [2.05, 4.69) is 0 Å². The number of carbonyl (C=O) groups is 2. The molecule has 4 aromatic carbocycles. The third-order valence-electron chi connectivity index (χ3n) is 7.38. The summed E-state index contributed by atoms with van der Waals surface area (Å²) in [5.74, 6) is 0.364. The molecule has 1 unspecified atom stereocenters. The summed E-state index contributed by atoms with van der Waals surface area (Å²) in [6.07, 6.45) is 0.670. The first-order valence-corrected chi connectivity index (χ1v) is 14.4. The number of hydrogen-bond donors (Lipinski definition) is 1. The van der Waals surface area contributed by atoms with Gasteiger partial charge in [0.25, 0.3) is 11.7 Å². The maximum atomic E-state index is 13.5. The van der Waals surface area contributed by atoms with Crippen molar-refractivity contribution in [3.05, 3.63) is 131 Å². The van der Waals surface area contributed by atoms with Crippen LogP contribution in [-0.4, -0.2) is 53.8 Å². The van der Waals surface area contributed by atoms with Gasteiger partial charge in [-0.1, -0.05) is 60.7 Å². The fraction of sp³-hybridized carbons (Fsp3) is 0.222. The summed E-state index contributed by atoms with van der Waals surface area (Å²) in [5, 5.41) is 11.6. The molecule has 7 heteroatoms. The van der Waals surface area contributed by atoms with Gasteiger partial charge in [0, 0.05) is 12.1 Å². The molecule has 0 radical (unpaired) electrons. The molecule has 1 amide bonds. The second-order valence-corrected chi connectivity index (χ2v) is 10.9. The monoisotopic (exact) mass is 576 g/mol. The van der Waals surface area contributed by atoms with Gasteiger partial charge in [-0.2, -0.15) is 0 Å². The van der Waals surface area contributed by atoms with Crippen molar-refractivity contribution in [2.75, 3.05) is 27.2 Å². The summed E-state index contributed by atoms with van der Waals surface area (Å²) >= 11 is 0. The molecule has 1 aliphatic heterocycles. The van der Waals surface area contributed by atoms with Crippen molar-refractivity contribution in [1.82, 2.24) is 9.80 Å². The Balaban J connectivity index is 1.49. The number of nitrogens with zero attached hydrogens (tertiary/aromatic N) is 2. The molecule has 4 aromatic rings. The normalized spacial score (nSPS) is 16.1. The van der Waals surface area contributed by atoms with Gasteiger partial charge in [0.1, 0.15) is 29.6 Å². The first-order chi connectivity index (χ1) is 20.8. The minimum absolute atomic E-state index is 0.0593. The molecule has 1 fully saturated rings. The van der Waals surface area contributed by atoms with Gasteiger partial charge in [0.05, 0.1) is 11.6 Å². The minimum atomic E-state index is -0.768. The van der Waals surface area contributed by atoms with E-state index < -0.39 is 17.7 Å². The fourth-order valence-electron chi connectivity index (χ4n) is 5.24. The van der Waals surface area contributed by atoms with Crippen molar-refractivity contribution < 1.29 is 24.2 Å². The molecule has 0 saturated carbocycles. The average molecular weight is 577 g/mol. The highest BCUT2D eigenvalue weighted by Crippen LogP contribution is 2.41. The minimum Gasteiger partial charge on any atom is -0.507 e. The van der Waals surface area contributed by atoms with Gasteiger partial charge in [-0.3, -0.25) is 9.59 Å². The number of aliphatic hydroxyl groups excluding tert-OH is 1. The van der Waals surface area contributed by atoms with E-state index >= 15 is 0 Å². The van der Waals surface area contributed by atoms with Crippen LogP contribution in [-0.2, 0) is 16.2 Å². The first-order valence-electron chi connectivity index (χ1n) is 14.4. The molecular formula is C36H36N2O5. The number of ether oxygens (including phenoxy) is 2. The third-order valence-corrected chi connectivity index (χ3v) is 7.38. The Kier molecular flexibility index (Phi) is 9.23. The van der Waals surface area contributed by atoms with E-state index in [1.807, 2.05) is 111 Å². The van der Waals surface area contributed by atoms with Gasteiger partial charge in [0.15, 0.2) is 0 Å². The highest BCUT2D eigenvalue weighted by Gasteiger charge is 2.46. The largest absolute Gasteiger partial charge is 0.507 e. The van der Waals surface area contributed by atoms with Crippen LogP contribution in [0.1, 0.15) is 34.7 Å². The molecule has 0 bridgehead atoms. The molecular weight excluding hydrogens is 540 g/mol. The van der Waals surface area contributed by atoms with Crippen LogP contribution >= 0.6 is 0 Å². The molecule has 1 N–H and O–H groups in total. The first kappa shape index (κ1) is 29.6. The predicted molar refractivity (Wildman–Crippen MR) is 167 cm³/mol. The van der Waals surface area contributed by atoms with E-state index in [-0.39, 0.29) is 11.3 Å². The number of likely N-dealkylation sites (tertiary alicyclic amines) is 1. The van der Waals surface area contributed by atoms with Crippen molar-refractivity contribution in [3.63, 3.8) is 0 Å². The summed E-state index contributed by atoms with van der Waals surface area (Å²) < 4.78 is 12.1. The van der Waals surface area contributed by atoms with Gasteiger partial charge >= 0.3 is 0 Å². The summed E-state index contributed by atoms with van der Waals surface area (Å²) in [4.78, 5) is 30.5. The Hall–Kier alpha value is -4.88. The number of aliphatic hydroxyl groups is 1. The number of ketones is 1. The van der Waals surface area contributed by atoms with E-state index in [4.69, 9.17) is 9.47 Å². The van der Waals surface area contributed by atoms with E-state index in [0.717, 1.165) is 17.7 Å². The number of hydrogen-bond acceptors (Lipinski definition) is 6. The maximum Gasteiger partial charge on any atom is 0.295 e. The topological polar surface area (TPSA) is 79.3 Å². The lowest BCUT2D eigenvalue weighted by Crippen LogP contribution is -2.32. The predicted octanol–water partition coefficient (Wildman–Crippen LogP) is 6.74. The standard InChI is InChI=1S/C36H36N2O5/c1-25-22-28(18-19-31(25)42-24-26-12-6-4-7-13-26)34(39)32-33(38(36(41)35(32)40)21-11-20-37(2)3)27-14-10-17-30(23-27)43-29-15-8-5-9-16-29/h4-10,12-19,22-23,33,39H,11,20-21,24H2,1-3H3/b34-32-. The molecule has 0 aromatic heterocycles. The molecule has 7 nitrogen and oxygen atoms in total. The average Bonchev–Trinajstić information content (AvgIpc) is 3.26. The number of Topliss-reactive ketones (excluding diaryl/α,β-unsaturated/α-hetero) is 1. The number of aryl methyl sites for hydroxylation is 1. The van der Waals surface area contributed by atoms with Crippen molar-refractivity contribution in [2.24, 2.45) is 0 Å². The van der Waals surface area contributed by atoms with E-state index in [9.17, 15) is 14.7 Å². The summed E-state index contributed by atoms with van der Waals surface area (Å²) in [6, 6.07) is 31.1. The highest BCUT2D eigenvalue weighted by atomic mass is 16.5. The molecule has 5 rings (SSSR count). The maximum absolute atomic E-state index is 13.5. The zero-order valence-electron chi connectivity index (χ0n) is 24.7. The van der Waals surface area contributed by atoms with Crippen LogP contribution in [0.2, 0.25) is 0 Å². The fourth-order valence-corrected chi connectivity index (χ4v) is 5.24. The smallest absolute Gasteiger partial charge is 0.295 e. The van der Waals surface area contributed by atoms with Crippen molar-refractivity contribution in [1.29, 1.82) is 0 Å². The number of para-hydroxylation sites is 1. The van der Waals surface area contributed by atoms with Crippen LogP contribution < -0.4 is 9.47 Å². The van der Waals surface area contributed by atoms with Crippen LogP contribution in [0.3, 0.4) is 0 Å². The molecule has 1 aliphatic rings. The number of carbonyl (C=O) groups excluding carboxylic acids is 2. The number of benzene rings is 4.